The summed E-state index contributed by atoms with van der Waals surface area (Å²) in [4.78, 5) is 40.6. The van der Waals surface area contributed by atoms with Crippen LogP contribution in [0, 0.1) is 63.6 Å². The number of esters is 2. The zero-order valence-electron chi connectivity index (χ0n) is 35.1. The standard InChI is InChI=1S/C47H70N2O5/c1-31(2)34-17-24-47(42(52)48-27-30-49(28-20-39(50)53-9)29-21-40(51)54-10)26-25-45(7)36(41(34)47)15-16-38-44(6)22-18-35(33-13-11-32(3)12-14-33)43(4,5)37(44)19-23-46(38,45)8/h11-14,18,34,36-38,41H,1,15-17,19-30H2,2-10H3,(H,48,52)/t34-,36+,37-,38+,41+,44-,45+,46+,47-/m0/s1. The molecule has 6 rings (SSSR count). The van der Waals surface area contributed by atoms with Crippen molar-refractivity contribution >= 4 is 23.4 Å². The normalized spacial score (nSPS) is 36.5. The van der Waals surface area contributed by atoms with Crippen LogP contribution in [0.1, 0.15) is 123 Å². The van der Waals surface area contributed by atoms with Gasteiger partial charge in [0, 0.05) is 26.2 Å². The molecule has 1 amide bonds. The molecule has 0 saturated heterocycles. The molecule has 1 N–H and O–H groups in total. The lowest BCUT2D eigenvalue weighted by Gasteiger charge is -2.72. The Labute approximate surface area is 326 Å². The number of carbonyl (C=O) groups is 3. The first-order chi connectivity index (χ1) is 25.5. The molecule has 0 bridgehead atoms. The van der Waals surface area contributed by atoms with Crippen LogP contribution >= 0.6 is 0 Å². The van der Waals surface area contributed by atoms with E-state index in [1.54, 1.807) is 0 Å². The molecule has 0 spiro atoms. The van der Waals surface area contributed by atoms with Crippen LogP contribution in [0.5, 0.6) is 0 Å². The minimum atomic E-state index is -0.389. The molecule has 1 aromatic carbocycles. The highest BCUT2D eigenvalue weighted by molar-refractivity contribution is 5.84. The van der Waals surface area contributed by atoms with E-state index in [1.807, 2.05) is 0 Å². The van der Waals surface area contributed by atoms with E-state index in [4.69, 9.17) is 9.47 Å². The first-order valence-corrected chi connectivity index (χ1v) is 21.1. The van der Waals surface area contributed by atoms with Gasteiger partial charge in [0.2, 0.25) is 5.91 Å². The molecule has 7 heteroatoms. The van der Waals surface area contributed by atoms with Gasteiger partial charge in [-0.2, -0.15) is 0 Å². The van der Waals surface area contributed by atoms with Crippen molar-refractivity contribution in [1.82, 2.24) is 10.2 Å². The lowest BCUT2D eigenvalue weighted by atomic mass is 9.32. The van der Waals surface area contributed by atoms with Gasteiger partial charge in [-0.3, -0.25) is 14.4 Å². The van der Waals surface area contributed by atoms with Gasteiger partial charge in [0.15, 0.2) is 0 Å². The second kappa shape index (κ2) is 15.2. The molecule has 0 heterocycles. The van der Waals surface area contributed by atoms with Crippen LogP contribution in [0.4, 0.5) is 0 Å². The summed E-state index contributed by atoms with van der Waals surface area (Å²) >= 11 is 0. The van der Waals surface area contributed by atoms with Crippen molar-refractivity contribution in [1.29, 1.82) is 0 Å². The van der Waals surface area contributed by atoms with Crippen LogP contribution in [0.15, 0.2) is 42.5 Å². The Balaban J connectivity index is 1.23. The van der Waals surface area contributed by atoms with E-state index >= 15 is 0 Å². The van der Waals surface area contributed by atoms with E-state index in [-0.39, 0.29) is 57.8 Å². The lowest BCUT2D eigenvalue weighted by Crippen LogP contribution is -2.66. The van der Waals surface area contributed by atoms with E-state index in [1.165, 1.54) is 62.2 Å². The third kappa shape index (κ3) is 6.70. The average Bonchev–Trinajstić information content (AvgIpc) is 3.54. The van der Waals surface area contributed by atoms with Crippen molar-refractivity contribution in [2.24, 2.45) is 56.7 Å². The number of aryl methyl sites for hydroxylation is 1. The summed E-state index contributed by atoms with van der Waals surface area (Å²) in [6.45, 7) is 23.9. The van der Waals surface area contributed by atoms with Crippen LogP contribution in [0.2, 0.25) is 0 Å². The highest BCUT2D eigenvalue weighted by atomic mass is 16.5. The summed E-state index contributed by atoms with van der Waals surface area (Å²) in [6.07, 6.45) is 13.1. The number of carbonyl (C=O) groups excluding carboxylic acids is 3. The van der Waals surface area contributed by atoms with Crippen molar-refractivity contribution in [3.8, 4) is 0 Å². The van der Waals surface area contributed by atoms with Crippen molar-refractivity contribution < 1.29 is 23.9 Å². The fourth-order valence-corrected chi connectivity index (χ4v) is 13.9. The predicted molar refractivity (Wildman–Crippen MR) is 216 cm³/mol. The summed E-state index contributed by atoms with van der Waals surface area (Å²) in [6, 6.07) is 9.20. The van der Waals surface area contributed by atoms with Crippen molar-refractivity contribution in [2.45, 2.75) is 119 Å². The van der Waals surface area contributed by atoms with Crippen LogP contribution in [0.3, 0.4) is 0 Å². The van der Waals surface area contributed by atoms with Crippen LogP contribution in [0.25, 0.3) is 5.57 Å². The van der Waals surface area contributed by atoms with E-state index in [0.29, 0.717) is 55.8 Å². The summed E-state index contributed by atoms with van der Waals surface area (Å²) in [5.74, 6) is 2.04. The number of fused-ring (bicyclic) bond motifs is 7. The van der Waals surface area contributed by atoms with Crippen molar-refractivity contribution in [3.05, 3.63) is 53.6 Å². The summed E-state index contributed by atoms with van der Waals surface area (Å²) in [5.41, 5.74) is 5.78. The second-order valence-corrected chi connectivity index (χ2v) is 19.5. The number of hydrogen-bond donors (Lipinski definition) is 1. The molecule has 9 atom stereocenters. The van der Waals surface area contributed by atoms with Gasteiger partial charge in [0.25, 0.3) is 0 Å². The number of rotatable bonds is 12. The molecule has 298 valence electrons. The minimum Gasteiger partial charge on any atom is -0.469 e. The Morgan fingerprint density at radius 3 is 2.07 bits per heavy atom. The van der Waals surface area contributed by atoms with E-state index < -0.39 is 0 Å². The first kappa shape index (κ1) is 40.7. The van der Waals surface area contributed by atoms with Gasteiger partial charge >= 0.3 is 11.9 Å². The fourth-order valence-electron chi connectivity index (χ4n) is 13.9. The zero-order valence-corrected chi connectivity index (χ0v) is 35.1. The maximum atomic E-state index is 14.7. The highest BCUT2D eigenvalue weighted by Gasteiger charge is 2.71. The number of amides is 1. The number of nitrogens with zero attached hydrogens (tertiary/aromatic N) is 1. The van der Waals surface area contributed by atoms with Crippen molar-refractivity contribution in [3.63, 3.8) is 0 Å². The Bertz CT molecular complexity index is 1610. The molecule has 4 fully saturated rings. The molecule has 1 aromatic rings. The summed E-state index contributed by atoms with van der Waals surface area (Å²) < 4.78 is 9.73. The number of nitrogens with one attached hydrogen (secondary N) is 1. The number of methoxy groups -OCH3 is 2. The maximum Gasteiger partial charge on any atom is 0.306 e. The molecule has 4 saturated carbocycles. The molecule has 0 radical (unpaired) electrons. The Morgan fingerprint density at radius 1 is 0.815 bits per heavy atom. The minimum absolute atomic E-state index is 0.103. The van der Waals surface area contributed by atoms with Gasteiger partial charge in [-0.25, -0.2) is 0 Å². The molecule has 54 heavy (non-hydrogen) atoms. The largest absolute Gasteiger partial charge is 0.469 e. The van der Waals surface area contributed by atoms with Crippen LogP contribution in [-0.4, -0.2) is 63.1 Å². The number of benzene rings is 1. The quantitative estimate of drug-likeness (QED) is 0.170. The SMILES string of the molecule is C=C(C)[C@@H]1CC[C@]2(C(=O)NCCN(CCC(=O)OC)CCC(=O)OC)CC[C@]3(C)[C@H](CC[C@@H]4[C@@]5(C)CC=C(c6ccc(C)cc6)C(C)(C)[C@@H]5CC[C@]43C)[C@@H]12. The van der Waals surface area contributed by atoms with Gasteiger partial charge in [0.05, 0.1) is 32.5 Å². The second-order valence-electron chi connectivity index (χ2n) is 19.5. The topological polar surface area (TPSA) is 84.9 Å². The molecule has 0 aliphatic heterocycles. The average molecular weight is 743 g/mol. The number of ether oxygens (including phenoxy) is 2. The molecule has 5 aliphatic rings. The lowest BCUT2D eigenvalue weighted by molar-refractivity contribution is -0.225. The van der Waals surface area contributed by atoms with Crippen LogP contribution in [-0.2, 0) is 23.9 Å². The van der Waals surface area contributed by atoms with Gasteiger partial charge < -0.3 is 19.7 Å². The molecule has 5 aliphatic carbocycles. The molecule has 0 unspecified atom stereocenters. The van der Waals surface area contributed by atoms with Gasteiger partial charge in [-0.05, 0) is 134 Å². The maximum absolute atomic E-state index is 14.7. The van der Waals surface area contributed by atoms with E-state index in [9.17, 15) is 14.4 Å². The molecular formula is C47H70N2O5. The first-order valence-electron chi connectivity index (χ1n) is 21.1. The zero-order chi connectivity index (χ0) is 39.3. The van der Waals surface area contributed by atoms with E-state index in [2.05, 4.69) is 95.6 Å². The third-order valence-electron chi connectivity index (χ3n) is 16.9. The highest BCUT2D eigenvalue weighted by Crippen LogP contribution is 2.77. The molecule has 7 nitrogen and oxygen atoms in total. The summed E-state index contributed by atoms with van der Waals surface area (Å²) in [5, 5.41) is 3.41. The Morgan fingerprint density at radius 2 is 1.46 bits per heavy atom. The molecular weight excluding hydrogens is 673 g/mol. The number of hydrogen-bond acceptors (Lipinski definition) is 6. The Kier molecular flexibility index (Phi) is 11.5. The summed E-state index contributed by atoms with van der Waals surface area (Å²) in [7, 11) is 2.78. The van der Waals surface area contributed by atoms with Gasteiger partial charge in [-0.1, -0.05) is 82.7 Å². The molecule has 0 aromatic heterocycles. The van der Waals surface area contributed by atoms with Gasteiger partial charge in [0.1, 0.15) is 0 Å². The smallest absolute Gasteiger partial charge is 0.306 e. The Hall–Kier alpha value is -2.93. The number of allylic oxidation sites excluding steroid dienone is 3. The predicted octanol–water partition coefficient (Wildman–Crippen LogP) is 9.19. The van der Waals surface area contributed by atoms with Crippen LogP contribution < -0.4 is 5.32 Å². The fraction of sp³-hybridized carbons (Fsp3) is 0.723. The van der Waals surface area contributed by atoms with Crippen molar-refractivity contribution in [2.75, 3.05) is 40.4 Å². The van der Waals surface area contributed by atoms with Gasteiger partial charge in [-0.15, -0.1) is 0 Å². The monoisotopic (exact) mass is 743 g/mol. The van der Waals surface area contributed by atoms with E-state index in [0.717, 1.165) is 32.1 Å². The third-order valence-corrected chi connectivity index (χ3v) is 16.9.